The van der Waals surface area contributed by atoms with Gasteiger partial charge >= 0.3 is 0 Å². The minimum atomic E-state index is -0.0426. The Kier molecular flexibility index (Phi) is 2.22. The molecule has 2 heterocycles. The van der Waals surface area contributed by atoms with Crippen molar-refractivity contribution in [2.75, 3.05) is 5.73 Å². The smallest absolute Gasteiger partial charge is 0.180 e. The molecule has 6 heteroatoms. The molecule has 0 unspecified atom stereocenters. The van der Waals surface area contributed by atoms with Crippen LogP contribution in [0.4, 0.5) is 5.13 Å². The normalized spacial score (nSPS) is 10.7. The van der Waals surface area contributed by atoms with Crippen LogP contribution in [0.1, 0.15) is 4.88 Å². The fourth-order valence-corrected chi connectivity index (χ4v) is 1.96. The Labute approximate surface area is 84.8 Å². The van der Waals surface area contributed by atoms with Crippen LogP contribution in [0.15, 0.2) is 12.4 Å². The van der Waals surface area contributed by atoms with Gasteiger partial charge in [0.2, 0.25) is 0 Å². The van der Waals surface area contributed by atoms with Gasteiger partial charge in [-0.15, -0.1) is 0 Å². The first-order valence-electron chi connectivity index (χ1n) is 4.05. The number of aliphatic hydroxyl groups is 1. The second-order valence-corrected chi connectivity index (χ2v) is 4.00. The molecule has 14 heavy (non-hydrogen) atoms. The first-order chi connectivity index (χ1) is 6.70. The molecule has 0 spiro atoms. The Morgan fingerprint density at radius 1 is 1.64 bits per heavy atom. The average molecular weight is 210 g/mol. The lowest BCUT2D eigenvalue weighted by Crippen LogP contribution is -1.86. The summed E-state index contributed by atoms with van der Waals surface area (Å²) >= 11 is 1.30. The first-order valence-corrected chi connectivity index (χ1v) is 4.87. The molecule has 0 aliphatic heterocycles. The van der Waals surface area contributed by atoms with E-state index in [-0.39, 0.29) is 6.61 Å². The molecule has 0 radical (unpaired) electrons. The molecule has 74 valence electrons. The quantitative estimate of drug-likeness (QED) is 0.761. The van der Waals surface area contributed by atoms with Crippen molar-refractivity contribution in [2.24, 2.45) is 7.05 Å². The summed E-state index contributed by atoms with van der Waals surface area (Å²) in [6, 6.07) is 0. The van der Waals surface area contributed by atoms with Crippen LogP contribution in [0.2, 0.25) is 0 Å². The van der Waals surface area contributed by atoms with E-state index in [1.54, 1.807) is 10.9 Å². The van der Waals surface area contributed by atoms with E-state index in [1.807, 2.05) is 13.2 Å². The van der Waals surface area contributed by atoms with E-state index < -0.39 is 0 Å². The molecule has 0 aromatic carbocycles. The molecule has 0 atom stereocenters. The lowest BCUT2D eigenvalue weighted by molar-refractivity contribution is 0.286. The van der Waals surface area contributed by atoms with E-state index in [2.05, 4.69) is 10.1 Å². The molecule has 0 aliphatic carbocycles. The number of aliphatic hydroxyl groups excluding tert-OH is 1. The third-order valence-electron chi connectivity index (χ3n) is 1.84. The minimum Gasteiger partial charge on any atom is -0.391 e. The molecule has 0 bridgehead atoms. The van der Waals surface area contributed by atoms with Gasteiger partial charge in [-0.1, -0.05) is 11.3 Å². The summed E-state index contributed by atoms with van der Waals surface area (Å²) in [5.74, 6) is 0. The highest BCUT2D eigenvalue weighted by atomic mass is 32.1. The number of hydrogen-bond acceptors (Lipinski definition) is 5. The van der Waals surface area contributed by atoms with Gasteiger partial charge in [0, 0.05) is 18.8 Å². The first kappa shape index (κ1) is 9.17. The van der Waals surface area contributed by atoms with E-state index >= 15 is 0 Å². The van der Waals surface area contributed by atoms with Gasteiger partial charge in [-0.05, 0) is 0 Å². The Hall–Kier alpha value is -1.40. The summed E-state index contributed by atoms with van der Waals surface area (Å²) in [4.78, 5) is 4.92. The number of thiazole rings is 1. The maximum absolute atomic E-state index is 9.09. The molecule has 0 aliphatic rings. The van der Waals surface area contributed by atoms with Crippen molar-refractivity contribution in [2.45, 2.75) is 6.61 Å². The van der Waals surface area contributed by atoms with E-state index in [1.165, 1.54) is 11.3 Å². The molecule has 0 saturated heterocycles. The third-order valence-corrected chi connectivity index (χ3v) is 2.71. The topological polar surface area (TPSA) is 77.0 Å². The van der Waals surface area contributed by atoms with Gasteiger partial charge in [0.05, 0.1) is 23.4 Å². The number of aryl methyl sites for hydroxylation is 1. The highest BCUT2D eigenvalue weighted by molar-refractivity contribution is 7.15. The van der Waals surface area contributed by atoms with Crippen LogP contribution < -0.4 is 5.73 Å². The van der Waals surface area contributed by atoms with Crippen LogP contribution in [0.3, 0.4) is 0 Å². The Balaban J connectivity index is 2.49. The number of hydrogen-bond donors (Lipinski definition) is 2. The van der Waals surface area contributed by atoms with Crippen LogP contribution in [0.5, 0.6) is 0 Å². The zero-order chi connectivity index (χ0) is 10.1. The van der Waals surface area contributed by atoms with Gasteiger partial charge in [0.1, 0.15) is 0 Å². The Morgan fingerprint density at radius 3 is 3.00 bits per heavy atom. The maximum atomic E-state index is 9.09. The molecule has 0 saturated carbocycles. The number of nitrogens with zero attached hydrogens (tertiary/aromatic N) is 3. The third kappa shape index (κ3) is 1.49. The van der Waals surface area contributed by atoms with Crippen molar-refractivity contribution < 1.29 is 5.11 Å². The van der Waals surface area contributed by atoms with Gasteiger partial charge in [-0.3, -0.25) is 4.68 Å². The Bertz CT molecular complexity index is 448. The number of nitrogens with two attached hydrogens (primary N) is 1. The number of nitrogen functional groups attached to an aromatic ring is 1. The second kappa shape index (κ2) is 3.39. The van der Waals surface area contributed by atoms with E-state index in [4.69, 9.17) is 10.8 Å². The number of rotatable bonds is 2. The maximum Gasteiger partial charge on any atom is 0.180 e. The summed E-state index contributed by atoms with van der Waals surface area (Å²) in [6.07, 6.45) is 3.54. The Morgan fingerprint density at radius 2 is 2.43 bits per heavy atom. The molecule has 2 aromatic heterocycles. The monoisotopic (exact) mass is 210 g/mol. The fourth-order valence-electron chi connectivity index (χ4n) is 1.25. The second-order valence-electron chi connectivity index (χ2n) is 2.88. The molecule has 0 amide bonds. The zero-order valence-electron chi connectivity index (χ0n) is 7.64. The predicted octanol–water partition coefficient (Wildman–Crippen LogP) is 0.618. The van der Waals surface area contributed by atoms with Crippen molar-refractivity contribution in [3.63, 3.8) is 0 Å². The predicted molar refractivity (Wildman–Crippen MR) is 54.7 cm³/mol. The van der Waals surface area contributed by atoms with Gasteiger partial charge in [-0.25, -0.2) is 4.98 Å². The lowest BCUT2D eigenvalue weighted by atomic mass is 10.2. The average Bonchev–Trinajstić information content (AvgIpc) is 2.71. The summed E-state index contributed by atoms with van der Waals surface area (Å²) in [6.45, 7) is -0.0426. The van der Waals surface area contributed by atoms with Crippen molar-refractivity contribution in [3.05, 3.63) is 17.3 Å². The van der Waals surface area contributed by atoms with E-state index in [0.717, 1.165) is 16.1 Å². The fraction of sp³-hybridized carbons (Fsp3) is 0.250. The van der Waals surface area contributed by atoms with Crippen molar-refractivity contribution >= 4 is 16.5 Å². The van der Waals surface area contributed by atoms with Crippen LogP contribution in [0.25, 0.3) is 11.3 Å². The largest absolute Gasteiger partial charge is 0.391 e. The number of anilines is 1. The van der Waals surface area contributed by atoms with Crippen LogP contribution >= 0.6 is 11.3 Å². The molecule has 3 N–H and O–H groups in total. The molecule has 5 nitrogen and oxygen atoms in total. The molecule has 2 rings (SSSR count). The SMILES string of the molecule is Cn1cc(-c2nc(N)sc2CO)cn1. The van der Waals surface area contributed by atoms with Crippen molar-refractivity contribution in [3.8, 4) is 11.3 Å². The van der Waals surface area contributed by atoms with Crippen molar-refractivity contribution in [1.82, 2.24) is 14.8 Å². The molecular formula is C8H10N4OS. The highest BCUT2D eigenvalue weighted by Gasteiger charge is 2.11. The van der Waals surface area contributed by atoms with Crippen LogP contribution in [-0.4, -0.2) is 19.9 Å². The van der Waals surface area contributed by atoms with Gasteiger partial charge < -0.3 is 10.8 Å². The van der Waals surface area contributed by atoms with Gasteiger partial charge in [0.25, 0.3) is 0 Å². The zero-order valence-corrected chi connectivity index (χ0v) is 8.45. The van der Waals surface area contributed by atoms with Crippen LogP contribution in [0, 0.1) is 0 Å². The molecule has 0 fully saturated rings. The lowest BCUT2D eigenvalue weighted by Gasteiger charge is -1.93. The molecular weight excluding hydrogens is 200 g/mol. The molecule has 2 aromatic rings. The van der Waals surface area contributed by atoms with Gasteiger partial charge in [0.15, 0.2) is 5.13 Å². The van der Waals surface area contributed by atoms with Crippen molar-refractivity contribution in [1.29, 1.82) is 0 Å². The standard InChI is InChI=1S/C8H10N4OS/c1-12-3-5(2-10-12)7-6(4-13)14-8(9)11-7/h2-3,13H,4H2,1H3,(H2,9,11). The summed E-state index contributed by atoms with van der Waals surface area (Å²) in [7, 11) is 1.83. The van der Waals surface area contributed by atoms with E-state index in [0.29, 0.717) is 5.13 Å². The van der Waals surface area contributed by atoms with E-state index in [9.17, 15) is 0 Å². The summed E-state index contributed by atoms with van der Waals surface area (Å²) < 4.78 is 1.69. The minimum absolute atomic E-state index is 0.0426. The van der Waals surface area contributed by atoms with Gasteiger partial charge in [-0.2, -0.15) is 5.10 Å². The summed E-state index contributed by atoms with van der Waals surface area (Å²) in [5.41, 5.74) is 7.17. The summed E-state index contributed by atoms with van der Waals surface area (Å²) in [5, 5.41) is 13.6. The highest BCUT2D eigenvalue weighted by Crippen LogP contribution is 2.28. The number of aromatic nitrogens is 3. The van der Waals surface area contributed by atoms with Crippen LogP contribution in [-0.2, 0) is 13.7 Å².